The van der Waals surface area contributed by atoms with Crippen LogP contribution in [0.1, 0.15) is 53.9 Å². The molecule has 1 saturated carbocycles. The van der Waals surface area contributed by atoms with Gasteiger partial charge in [-0.05, 0) is 43.8 Å². The van der Waals surface area contributed by atoms with Gasteiger partial charge in [0, 0.05) is 18.3 Å². The van der Waals surface area contributed by atoms with Crippen LogP contribution in [0.15, 0.2) is 11.6 Å². The fourth-order valence-electron chi connectivity index (χ4n) is 3.69. The number of nitrogens with zero attached hydrogens (tertiary/aromatic N) is 1. The first kappa shape index (κ1) is 16.9. The van der Waals surface area contributed by atoms with Gasteiger partial charge < -0.3 is 4.90 Å². The van der Waals surface area contributed by atoms with Crippen molar-refractivity contribution >= 4 is 17.7 Å². The molecule has 0 aromatic rings. The predicted molar refractivity (Wildman–Crippen MR) is 92.5 cm³/mol. The van der Waals surface area contributed by atoms with Crippen molar-refractivity contribution in [3.63, 3.8) is 0 Å². The van der Waals surface area contributed by atoms with Gasteiger partial charge in [0.05, 0.1) is 5.92 Å². The molecule has 2 rings (SSSR count). The van der Waals surface area contributed by atoms with E-state index in [2.05, 4.69) is 45.6 Å². The monoisotopic (exact) mass is 309 g/mol. The van der Waals surface area contributed by atoms with E-state index in [0.717, 1.165) is 18.8 Å². The highest BCUT2D eigenvalue weighted by Gasteiger charge is 2.61. The maximum Gasteiger partial charge on any atom is 0.226 e. The maximum atomic E-state index is 13.0. The molecule has 120 valence electrons. The molecule has 0 aromatic carbocycles. The Hall–Kier alpha value is -0.440. The maximum absolute atomic E-state index is 13.0. The number of rotatable bonds is 4. The lowest BCUT2D eigenvalue weighted by molar-refractivity contribution is -0.133. The van der Waals surface area contributed by atoms with Crippen LogP contribution in [0.5, 0.6) is 0 Å². The number of hydrogen-bond acceptors (Lipinski definition) is 2. The highest BCUT2D eigenvalue weighted by Crippen LogP contribution is 2.60. The van der Waals surface area contributed by atoms with Gasteiger partial charge in [-0.1, -0.05) is 38.8 Å². The van der Waals surface area contributed by atoms with Gasteiger partial charge in [-0.25, -0.2) is 0 Å². The molecule has 0 aromatic heterocycles. The highest BCUT2D eigenvalue weighted by molar-refractivity contribution is 7.99. The van der Waals surface area contributed by atoms with Crippen LogP contribution in [0.25, 0.3) is 0 Å². The second-order valence-electron chi connectivity index (χ2n) is 7.43. The lowest BCUT2D eigenvalue weighted by Crippen LogP contribution is -2.37. The lowest BCUT2D eigenvalue weighted by Gasteiger charge is -2.25. The second-order valence-corrected chi connectivity index (χ2v) is 9.00. The number of likely N-dealkylation sites (tertiary alicyclic amines) is 1. The van der Waals surface area contributed by atoms with E-state index in [1.807, 2.05) is 11.8 Å². The van der Waals surface area contributed by atoms with Crippen molar-refractivity contribution in [1.82, 2.24) is 4.90 Å². The van der Waals surface area contributed by atoms with Crippen molar-refractivity contribution in [3.8, 4) is 0 Å². The van der Waals surface area contributed by atoms with Crippen molar-refractivity contribution in [3.05, 3.63) is 11.6 Å². The number of thioether (sulfide) groups is 1. The van der Waals surface area contributed by atoms with E-state index < -0.39 is 0 Å². The van der Waals surface area contributed by atoms with Crippen LogP contribution in [-0.4, -0.2) is 34.9 Å². The molecule has 2 aliphatic rings. The van der Waals surface area contributed by atoms with Gasteiger partial charge in [0.25, 0.3) is 0 Å². The zero-order valence-corrected chi connectivity index (χ0v) is 15.1. The molecule has 0 radical (unpaired) electrons. The molecule has 2 fully saturated rings. The molecule has 0 bridgehead atoms. The molecule has 21 heavy (non-hydrogen) atoms. The lowest BCUT2D eigenvalue weighted by atomic mass is 10.1. The summed E-state index contributed by atoms with van der Waals surface area (Å²) in [5.74, 6) is 2.21. The Morgan fingerprint density at radius 2 is 2.05 bits per heavy atom. The minimum atomic E-state index is 0.147. The van der Waals surface area contributed by atoms with Crippen LogP contribution in [0.4, 0.5) is 0 Å². The van der Waals surface area contributed by atoms with Gasteiger partial charge in [0.1, 0.15) is 0 Å². The molecule has 0 unspecified atom stereocenters. The van der Waals surface area contributed by atoms with Gasteiger partial charge in [0.15, 0.2) is 0 Å². The van der Waals surface area contributed by atoms with Crippen molar-refractivity contribution in [2.75, 3.05) is 18.8 Å². The van der Waals surface area contributed by atoms with E-state index in [1.165, 1.54) is 24.8 Å². The van der Waals surface area contributed by atoms with Crippen LogP contribution < -0.4 is 0 Å². The first-order valence-corrected chi connectivity index (χ1v) is 9.48. The van der Waals surface area contributed by atoms with E-state index in [-0.39, 0.29) is 11.3 Å². The number of hydrogen-bond donors (Lipinski definition) is 0. The summed E-state index contributed by atoms with van der Waals surface area (Å²) in [5, 5.41) is 0.644. The molecule has 1 aliphatic carbocycles. The summed E-state index contributed by atoms with van der Waals surface area (Å²) in [5.41, 5.74) is 1.48. The van der Waals surface area contributed by atoms with Crippen LogP contribution in [0.3, 0.4) is 0 Å². The number of allylic oxidation sites excluding steroid dienone is 2. The highest BCUT2D eigenvalue weighted by atomic mass is 32.2. The van der Waals surface area contributed by atoms with Gasteiger partial charge in [-0.15, -0.1) is 0 Å². The fourth-order valence-corrected chi connectivity index (χ4v) is 4.78. The second kappa shape index (κ2) is 6.76. The standard InChI is InChI=1S/C18H31NOS/c1-6-21-14-9-7-8-10-19(12-14)17(20)16-15(11-13(2)3)18(16,4)5/h11,14-16H,6-10,12H2,1-5H3/t14-,15-,16-/m1/s1. The fraction of sp³-hybridized carbons (Fsp3) is 0.833. The van der Waals surface area contributed by atoms with Gasteiger partial charge in [-0.2, -0.15) is 11.8 Å². The molecular weight excluding hydrogens is 278 g/mol. The molecule has 1 heterocycles. The Morgan fingerprint density at radius 1 is 1.33 bits per heavy atom. The van der Waals surface area contributed by atoms with Crippen molar-refractivity contribution in [1.29, 1.82) is 0 Å². The number of amides is 1. The average molecular weight is 310 g/mol. The summed E-state index contributed by atoms with van der Waals surface area (Å²) >= 11 is 2.02. The third-order valence-electron chi connectivity index (χ3n) is 5.03. The minimum Gasteiger partial charge on any atom is -0.341 e. The zero-order chi connectivity index (χ0) is 15.6. The number of carbonyl (C=O) groups is 1. The summed E-state index contributed by atoms with van der Waals surface area (Å²) in [6.07, 6.45) is 6.02. The SMILES string of the molecule is CCS[C@@H]1CCCCN(C(=O)[C@H]2[C@@H](C=C(C)C)C2(C)C)C1. The Balaban J connectivity index is 2.03. The summed E-state index contributed by atoms with van der Waals surface area (Å²) in [4.78, 5) is 15.1. The van der Waals surface area contributed by atoms with Crippen LogP contribution in [-0.2, 0) is 4.79 Å². The van der Waals surface area contributed by atoms with Crippen LogP contribution in [0, 0.1) is 17.3 Å². The average Bonchev–Trinajstić information content (AvgIpc) is 3.01. The smallest absolute Gasteiger partial charge is 0.226 e. The van der Waals surface area contributed by atoms with Gasteiger partial charge in [0.2, 0.25) is 5.91 Å². The van der Waals surface area contributed by atoms with Crippen LogP contribution in [0.2, 0.25) is 0 Å². The zero-order valence-electron chi connectivity index (χ0n) is 14.3. The predicted octanol–water partition coefficient (Wildman–Crippen LogP) is 4.36. The van der Waals surface area contributed by atoms with E-state index in [4.69, 9.17) is 0 Å². The van der Waals surface area contributed by atoms with Gasteiger partial charge in [-0.3, -0.25) is 4.79 Å². The van der Waals surface area contributed by atoms with E-state index in [0.29, 0.717) is 17.1 Å². The third kappa shape index (κ3) is 3.85. The summed E-state index contributed by atoms with van der Waals surface area (Å²) in [6.45, 7) is 12.9. The Kier molecular flexibility index (Phi) is 5.45. The molecule has 1 amide bonds. The quantitative estimate of drug-likeness (QED) is 0.719. The largest absolute Gasteiger partial charge is 0.341 e. The Labute approximate surface area is 134 Å². The van der Waals surface area contributed by atoms with E-state index in [9.17, 15) is 4.79 Å². The molecule has 0 N–H and O–H groups in total. The van der Waals surface area contributed by atoms with Crippen LogP contribution >= 0.6 is 11.8 Å². The molecular formula is C18H31NOS. The van der Waals surface area contributed by atoms with Crippen molar-refractivity contribution < 1.29 is 4.79 Å². The van der Waals surface area contributed by atoms with Gasteiger partial charge >= 0.3 is 0 Å². The summed E-state index contributed by atoms with van der Waals surface area (Å²) < 4.78 is 0. The molecule has 2 nitrogen and oxygen atoms in total. The third-order valence-corrected chi connectivity index (χ3v) is 6.22. The molecule has 3 atom stereocenters. The summed E-state index contributed by atoms with van der Waals surface area (Å²) in [7, 11) is 0. The van der Waals surface area contributed by atoms with E-state index >= 15 is 0 Å². The molecule has 1 aliphatic heterocycles. The minimum absolute atomic E-state index is 0.147. The first-order chi connectivity index (χ1) is 9.87. The molecule has 1 saturated heterocycles. The topological polar surface area (TPSA) is 20.3 Å². The first-order valence-electron chi connectivity index (χ1n) is 8.43. The van der Waals surface area contributed by atoms with Crippen molar-refractivity contribution in [2.45, 2.75) is 59.1 Å². The summed E-state index contributed by atoms with van der Waals surface area (Å²) in [6, 6.07) is 0. The molecule has 3 heteroatoms. The molecule has 0 spiro atoms. The normalized spacial score (nSPS) is 31.5. The Morgan fingerprint density at radius 3 is 2.67 bits per heavy atom. The van der Waals surface area contributed by atoms with E-state index in [1.54, 1.807) is 0 Å². The Bertz CT molecular complexity index is 411. The number of carbonyl (C=O) groups excluding carboxylic acids is 1. The van der Waals surface area contributed by atoms with Crippen molar-refractivity contribution in [2.24, 2.45) is 17.3 Å².